The maximum absolute atomic E-state index is 5.86. The number of likely N-dealkylation sites (tertiary alicyclic amines) is 1. The summed E-state index contributed by atoms with van der Waals surface area (Å²) >= 11 is 0. The van der Waals surface area contributed by atoms with Gasteiger partial charge in [-0.2, -0.15) is 0 Å². The van der Waals surface area contributed by atoms with Crippen molar-refractivity contribution >= 4 is 5.69 Å². The number of allylic oxidation sites excluding steroid dienone is 3. The number of piperidine rings is 1. The minimum Gasteiger partial charge on any atom is -0.495 e. The van der Waals surface area contributed by atoms with E-state index in [0.29, 0.717) is 0 Å². The van der Waals surface area contributed by atoms with Gasteiger partial charge in [-0.15, -0.1) is 0 Å². The quantitative estimate of drug-likeness (QED) is 0.526. The van der Waals surface area contributed by atoms with E-state index < -0.39 is 0 Å². The number of hydrogen-bond donors (Lipinski definition) is 1. The van der Waals surface area contributed by atoms with Crippen molar-refractivity contribution < 1.29 is 4.74 Å². The maximum atomic E-state index is 5.86. The minimum atomic E-state index is 0.790. The van der Waals surface area contributed by atoms with E-state index in [1.165, 1.54) is 67.8 Å². The monoisotopic (exact) mass is 470 g/mol. The molecule has 2 heterocycles. The van der Waals surface area contributed by atoms with Crippen LogP contribution in [-0.4, -0.2) is 69.3 Å². The highest BCUT2D eigenvalue weighted by Gasteiger charge is 2.27. The zero-order valence-corrected chi connectivity index (χ0v) is 23.0. The number of rotatable bonds is 7. The normalized spacial score (nSPS) is 19.4. The van der Waals surface area contributed by atoms with Crippen molar-refractivity contribution in [2.45, 2.75) is 72.8 Å². The first-order valence-corrected chi connectivity index (χ1v) is 13.2. The summed E-state index contributed by atoms with van der Waals surface area (Å²) in [6.45, 7) is 17.7. The van der Waals surface area contributed by atoms with Crippen LogP contribution in [0, 0.1) is 6.92 Å². The van der Waals surface area contributed by atoms with Crippen molar-refractivity contribution in [2.24, 2.45) is 5.73 Å². The molecule has 0 aromatic heterocycles. The van der Waals surface area contributed by atoms with Crippen LogP contribution in [0.5, 0.6) is 5.75 Å². The zero-order chi connectivity index (χ0) is 25.1. The molecule has 0 bridgehead atoms. The molecule has 3 rings (SSSR count). The van der Waals surface area contributed by atoms with Crippen LogP contribution >= 0.6 is 0 Å². The molecule has 2 aliphatic rings. The van der Waals surface area contributed by atoms with Gasteiger partial charge in [0.05, 0.1) is 12.8 Å². The van der Waals surface area contributed by atoms with Gasteiger partial charge in [0.25, 0.3) is 0 Å². The number of methoxy groups -OCH3 is 1. The second-order valence-corrected chi connectivity index (χ2v) is 9.96. The minimum absolute atomic E-state index is 0.790. The number of benzene rings is 1. The molecule has 1 aromatic rings. The fraction of sp³-hybridized carbons (Fsp3) is 0.655. The molecule has 2 N–H and O–H groups in total. The van der Waals surface area contributed by atoms with Crippen LogP contribution in [0.25, 0.3) is 0 Å². The molecule has 0 amide bonds. The van der Waals surface area contributed by atoms with Crippen molar-refractivity contribution in [1.82, 2.24) is 9.80 Å². The Hall–Kier alpha value is -1.98. The Balaban J connectivity index is 0.000000292. The SMILES string of the molecule is CC/C=C(N)/C(C)=C(/C)CCC.COc1cc(C)ccc1N1CCN(C2CCN(C)CC2)CC1. The van der Waals surface area contributed by atoms with Crippen LogP contribution in [0.3, 0.4) is 0 Å². The Morgan fingerprint density at radius 2 is 1.71 bits per heavy atom. The van der Waals surface area contributed by atoms with Gasteiger partial charge in [-0.3, -0.25) is 4.90 Å². The first-order valence-electron chi connectivity index (χ1n) is 13.2. The molecule has 0 atom stereocenters. The molecule has 0 aliphatic carbocycles. The fourth-order valence-corrected chi connectivity index (χ4v) is 4.92. The van der Waals surface area contributed by atoms with Crippen molar-refractivity contribution in [3.63, 3.8) is 0 Å². The fourth-order valence-electron chi connectivity index (χ4n) is 4.92. The molecule has 1 aromatic carbocycles. The predicted molar refractivity (Wildman–Crippen MR) is 148 cm³/mol. The van der Waals surface area contributed by atoms with E-state index in [1.54, 1.807) is 7.11 Å². The highest BCUT2D eigenvalue weighted by atomic mass is 16.5. The van der Waals surface area contributed by atoms with Crippen LogP contribution in [0.2, 0.25) is 0 Å². The number of ether oxygens (including phenoxy) is 1. The molecule has 192 valence electrons. The summed E-state index contributed by atoms with van der Waals surface area (Å²) in [5.41, 5.74) is 12.0. The Bertz CT molecular complexity index is 800. The molecular weight excluding hydrogens is 420 g/mol. The Morgan fingerprint density at radius 3 is 2.26 bits per heavy atom. The van der Waals surface area contributed by atoms with Gasteiger partial charge >= 0.3 is 0 Å². The number of hydrogen-bond acceptors (Lipinski definition) is 5. The van der Waals surface area contributed by atoms with Crippen molar-refractivity contribution in [3.8, 4) is 5.75 Å². The van der Waals surface area contributed by atoms with E-state index >= 15 is 0 Å². The van der Waals surface area contributed by atoms with E-state index in [4.69, 9.17) is 10.5 Å². The summed E-state index contributed by atoms with van der Waals surface area (Å²) in [6, 6.07) is 7.32. The summed E-state index contributed by atoms with van der Waals surface area (Å²) in [7, 11) is 4.00. The van der Waals surface area contributed by atoms with Gasteiger partial charge in [0.1, 0.15) is 5.75 Å². The standard InChI is InChI=1S/C18H29N3O.C11H21N/c1-15-4-5-17(18(14-15)22-3)21-12-10-20(11-13-21)16-6-8-19(2)9-7-16;1-5-7-9(3)10(4)11(12)8-6-2/h4-5,14,16H,6-13H2,1-3H3;8H,5-7,12H2,1-4H3/b;10-9-,11-8-. The lowest BCUT2D eigenvalue weighted by Gasteiger charge is -2.43. The van der Waals surface area contributed by atoms with Gasteiger partial charge in [0.15, 0.2) is 0 Å². The van der Waals surface area contributed by atoms with E-state index in [0.717, 1.165) is 43.4 Å². The summed E-state index contributed by atoms with van der Waals surface area (Å²) in [5, 5.41) is 0. The molecule has 2 saturated heterocycles. The first kappa shape index (κ1) is 28.3. The summed E-state index contributed by atoms with van der Waals surface area (Å²) in [6.07, 6.45) is 8.10. The number of nitrogens with two attached hydrogens (primary N) is 1. The Labute approximate surface area is 209 Å². The Kier molecular flexibility index (Phi) is 12.0. The van der Waals surface area contributed by atoms with Gasteiger partial charge in [0.2, 0.25) is 0 Å². The molecule has 2 fully saturated rings. The zero-order valence-electron chi connectivity index (χ0n) is 23.0. The third-order valence-electron chi connectivity index (χ3n) is 7.32. The molecule has 5 nitrogen and oxygen atoms in total. The van der Waals surface area contributed by atoms with Crippen molar-refractivity contribution in [3.05, 3.63) is 46.7 Å². The Morgan fingerprint density at radius 1 is 1.06 bits per heavy atom. The molecule has 5 heteroatoms. The second-order valence-electron chi connectivity index (χ2n) is 9.96. The van der Waals surface area contributed by atoms with E-state index in [9.17, 15) is 0 Å². The third kappa shape index (κ3) is 8.35. The van der Waals surface area contributed by atoms with Crippen molar-refractivity contribution in [1.29, 1.82) is 0 Å². The maximum Gasteiger partial charge on any atom is 0.142 e. The van der Waals surface area contributed by atoms with Gasteiger partial charge in [-0.1, -0.05) is 38.0 Å². The number of nitrogens with zero attached hydrogens (tertiary/aromatic N) is 3. The van der Waals surface area contributed by atoms with Crippen LogP contribution < -0.4 is 15.4 Å². The topological polar surface area (TPSA) is 45.0 Å². The van der Waals surface area contributed by atoms with E-state index in [2.05, 4.69) is 80.6 Å². The molecule has 2 aliphatic heterocycles. The number of aryl methyl sites for hydroxylation is 1. The number of anilines is 1. The van der Waals surface area contributed by atoms with Crippen LogP contribution in [-0.2, 0) is 0 Å². The number of piperazine rings is 1. The van der Waals surface area contributed by atoms with Gasteiger partial charge in [-0.05, 0) is 89.9 Å². The van der Waals surface area contributed by atoms with E-state index in [1.807, 2.05) is 0 Å². The largest absolute Gasteiger partial charge is 0.495 e. The first-order chi connectivity index (χ1) is 16.3. The molecule has 0 unspecified atom stereocenters. The summed E-state index contributed by atoms with van der Waals surface area (Å²) < 4.78 is 5.57. The van der Waals surface area contributed by atoms with Gasteiger partial charge < -0.3 is 20.3 Å². The predicted octanol–water partition coefficient (Wildman–Crippen LogP) is 5.60. The lowest BCUT2D eigenvalue weighted by atomic mass is 10.0. The lowest BCUT2D eigenvalue weighted by molar-refractivity contribution is 0.115. The molecular formula is C29H50N4O. The van der Waals surface area contributed by atoms with E-state index in [-0.39, 0.29) is 0 Å². The highest BCUT2D eigenvalue weighted by Crippen LogP contribution is 2.30. The highest BCUT2D eigenvalue weighted by molar-refractivity contribution is 5.60. The third-order valence-corrected chi connectivity index (χ3v) is 7.32. The molecule has 0 spiro atoms. The van der Waals surface area contributed by atoms with Gasteiger partial charge in [-0.25, -0.2) is 0 Å². The molecule has 0 radical (unpaired) electrons. The van der Waals surface area contributed by atoms with Crippen LogP contribution in [0.1, 0.15) is 65.4 Å². The van der Waals surface area contributed by atoms with Crippen LogP contribution in [0.15, 0.2) is 41.1 Å². The van der Waals surface area contributed by atoms with Gasteiger partial charge in [0, 0.05) is 37.9 Å². The average Bonchev–Trinajstić information content (AvgIpc) is 2.85. The second kappa shape index (κ2) is 14.4. The molecule has 0 saturated carbocycles. The average molecular weight is 471 g/mol. The molecule has 34 heavy (non-hydrogen) atoms. The van der Waals surface area contributed by atoms with Crippen molar-refractivity contribution in [2.75, 3.05) is 58.3 Å². The summed E-state index contributed by atoms with van der Waals surface area (Å²) in [4.78, 5) is 7.62. The summed E-state index contributed by atoms with van der Waals surface area (Å²) in [5.74, 6) is 1.01. The van der Waals surface area contributed by atoms with Crippen LogP contribution in [0.4, 0.5) is 5.69 Å². The smallest absolute Gasteiger partial charge is 0.142 e. The lowest BCUT2D eigenvalue weighted by Crippen LogP contribution is -2.53.